The second kappa shape index (κ2) is 6.09. The van der Waals surface area contributed by atoms with Crippen LogP contribution in [0.5, 0.6) is 0 Å². The van der Waals surface area contributed by atoms with Crippen molar-refractivity contribution in [1.29, 1.82) is 0 Å². The summed E-state index contributed by atoms with van der Waals surface area (Å²) < 4.78 is 5.18. The highest BCUT2D eigenvalue weighted by atomic mass is 35.5. The molecule has 1 aliphatic rings. The Bertz CT molecular complexity index is 453. The molecule has 0 spiro atoms. The van der Waals surface area contributed by atoms with E-state index in [4.69, 9.17) is 27.9 Å². The first-order valence-electron chi connectivity index (χ1n) is 6.04. The van der Waals surface area contributed by atoms with E-state index in [-0.39, 0.29) is 18.0 Å². The molecule has 1 aromatic carbocycles. The fourth-order valence-electron chi connectivity index (χ4n) is 1.98. The molecule has 0 atom stereocenters. The number of amides is 1. The summed E-state index contributed by atoms with van der Waals surface area (Å²) >= 11 is 11.9. The van der Waals surface area contributed by atoms with Gasteiger partial charge in [-0.2, -0.15) is 0 Å². The van der Waals surface area contributed by atoms with E-state index in [1.807, 2.05) is 0 Å². The van der Waals surface area contributed by atoms with E-state index < -0.39 is 5.60 Å². The quantitative estimate of drug-likeness (QED) is 0.900. The summed E-state index contributed by atoms with van der Waals surface area (Å²) in [7, 11) is 0. The Morgan fingerprint density at radius 1 is 1.32 bits per heavy atom. The molecule has 1 heterocycles. The van der Waals surface area contributed by atoms with Gasteiger partial charge in [-0.1, -0.05) is 29.3 Å². The molecule has 104 valence electrons. The van der Waals surface area contributed by atoms with Crippen molar-refractivity contribution < 1.29 is 14.6 Å². The Morgan fingerprint density at radius 3 is 2.47 bits per heavy atom. The lowest BCUT2D eigenvalue weighted by Gasteiger charge is -2.32. The maximum absolute atomic E-state index is 12.0. The molecule has 0 bridgehead atoms. The molecule has 4 nitrogen and oxygen atoms in total. The SMILES string of the molecule is O=C(NCC1(O)CCOCC1)c1c(Cl)cccc1Cl. The van der Waals surface area contributed by atoms with Crippen LogP contribution in [0.15, 0.2) is 18.2 Å². The molecule has 6 heteroatoms. The number of nitrogens with one attached hydrogen (secondary N) is 1. The van der Waals surface area contributed by atoms with Gasteiger partial charge in [0.05, 0.1) is 21.2 Å². The summed E-state index contributed by atoms with van der Waals surface area (Å²) in [6.45, 7) is 1.16. The normalized spacial score (nSPS) is 18.1. The maximum atomic E-state index is 12.0. The van der Waals surface area contributed by atoms with Crippen LogP contribution in [-0.2, 0) is 4.74 Å². The van der Waals surface area contributed by atoms with E-state index in [9.17, 15) is 9.90 Å². The predicted octanol–water partition coefficient (Wildman–Crippen LogP) is 2.26. The summed E-state index contributed by atoms with van der Waals surface area (Å²) in [4.78, 5) is 12.0. The van der Waals surface area contributed by atoms with Crippen molar-refractivity contribution in [1.82, 2.24) is 5.32 Å². The van der Waals surface area contributed by atoms with Crippen molar-refractivity contribution in [2.45, 2.75) is 18.4 Å². The number of hydrogen-bond donors (Lipinski definition) is 2. The van der Waals surface area contributed by atoms with Gasteiger partial charge in [-0.25, -0.2) is 0 Å². The van der Waals surface area contributed by atoms with Crippen LogP contribution in [0, 0.1) is 0 Å². The number of halogens is 2. The lowest BCUT2D eigenvalue weighted by Crippen LogP contribution is -2.46. The van der Waals surface area contributed by atoms with Crippen molar-refractivity contribution in [3.8, 4) is 0 Å². The highest BCUT2D eigenvalue weighted by Gasteiger charge is 2.30. The van der Waals surface area contributed by atoms with Gasteiger partial charge in [-0.05, 0) is 12.1 Å². The Labute approximate surface area is 121 Å². The fourth-order valence-corrected chi connectivity index (χ4v) is 2.55. The van der Waals surface area contributed by atoms with Crippen LogP contribution in [0.25, 0.3) is 0 Å². The monoisotopic (exact) mass is 303 g/mol. The number of ether oxygens (including phenoxy) is 1. The second-order valence-corrected chi connectivity index (χ2v) is 5.43. The second-order valence-electron chi connectivity index (χ2n) is 4.62. The molecule has 1 saturated heterocycles. The standard InChI is InChI=1S/C13H15Cl2NO3/c14-9-2-1-3-10(15)11(9)12(17)16-8-13(18)4-6-19-7-5-13/h1-3,18H,4-8H2,(H,16,17). The first kappa shape index (κ1) is 14.6. The minimum atomic E-state index is -0.915. The van der Waals surface area contributed by atoms with Gasteiger partial charge < -0.3 is 15.2 Å². The summed E-state index contributed by atoms with van der Waals surface area (Å²) in [5, 5.41) is 13.5. The smallest absolute Gasteiger partial charge is 0.254 e. The van der Waals surface area contributed by atoms with Crippen molar-refractivity contribution in [3.63, 3.8) is 0 Å². The van der Waals surface area contributed by atoms with E-state index in [2.05, 4.69) is 5.32 Å². The van der Waals surface area contributed by atoms with Gasteiger partial charge >= 0.3 is 0 Å². The highest BCUT2D eigenvalue weighted by molar-refractivity contribution is 6.39. The molecular formula is C13H15Cl2NO3. The van der Waals surface area contributed by atoms with Crippen LogP contribution in [0.4, 0.5) is 0 Å². The van der Waals surface area contributed by atoms with Crippen LogP contribution in [0.2, 0.25) is 10.0 Å². The summed E-state index contributed by atoms with van der Waals surface area (Å²) in [6.07, 6.45) is 1.01. The van der Waals surface area contributed by atoms with Crippen LogP contribution in [0.1, 0.15) is 23.2 Å². The minimum absolute atomic E-state index is 0.163. The van der Waals surface area contributed by atoms with Gasteiger partial charge in [0.15, 0.2) is 0 Å². The average Bonchev–Trinajstić information content (AvgIpc) is 2.37. The number of hydrogen-bond acceptors (Lipinski definition) is 3. The van der Waals surface area contributed by atoms with Crippen molar-refractivity contribution >= 4 is 29.1 Å². The minimum Gasteiger partial charge on any atom is -0.388 e. The molecule has 0 aliphatic carbocycles. The van der Waals surface area contributed by atoms with E-state index in [0.29, 0.717) is 36.1 Å². The van der Waals surface area contributed by atoms with E-state index in [1.165, 1.54) is 0 Å². The molecule has 1 amide bonds. The topological polar surface area (TPSA) is 58.6 Å². The molecule has 0 aromatic heterocycles. The average molecular weight is 304 g/mol. The van der Waals surface area contributed by atoms with E-state index in [0.717, 1.165) is 0 Å². The molecular weight excluding hydrogens is 289 g/mol. The van der Waals surface area contributed by atoms with Crippen LogP contribution in [0.3, 0.4) is 0 Å². The molecule has 0 radical (unpaired) electrons. The van der Waals surface area contributed by atoms with Gasteiger partial charge in [-0.15, -0.1) is 0 Å². The number of carbonyl (C=O) groups excluding carboxylic acids is 1. The Kier molecular flexibility index (Phi) is 4.68. The Morgan fingerprint density at radius 2 is 1.89 bits per heavy atom. The molecule has 1 fully saturated rings. The van der Waals surface area contributed by atoms with Crippen LogP contribution >= 0.6 is 23.2 Å². The third-order valence-electron chi connectivity index (χ3n) is 3.19. The van der Waals surface area contributed by atoms with Crippen LogP contribution in [-0.4, -0.2) is 36.4 Å². The number of carbonyl (C=O) groups is 1. The Balaban J connectivity index is 2.01. The lowest BCUT2D eigenvalue weighted by atomic mass is 9.94. The zero-order valence-corrected chi connectivity index (χ0v) is 11.8. The summed E-state index contributed by atoms with van der Waals surface area (Å²) in [5.41, 5.74) is -0.678. The molecule has 0 unspecified atom stereocenters. The Hall–Kier alpha value is -0.810. The molecule has 19 heavy (non-hydrogen) atoms. The fraction of sp³-hybridized carbons (Fsp3) is 0.462. The largest absolute Gasteiger partial charge is 0.388 e. The molecule has 2 rings (SSSR count). The summed E-state index contributed by atoms with van der Waals surface area (Å²) in [6, 6.07) is 4.88. The predicted molar refractivity (Wildman–Crippen MR) is 73.8 cm³/mol. The number of benzene rings is 1. The van der Waals surface area contributed by atoms with Gasteiger partial charge in [0.25, 0.3) is 5.91 Å². The zero-order valence-electron chi connectivity index (χ0n) is 10.3. The summed E-state index contributed by atoms with van der Waals surface area (Å²) in [5.74, 6) is -0.379. The van der Waals surface area contributed by atoms with E-state index >= 15 is 0 Å². The van der Waals surface area contributed by atoms with Gasteiger partial charge in [0.2, 0.25) is 0 Å². The third kappa shape index (κ3) is 3.60. The maximum Gasteiger partial charge on any atom is 0.254 e. The van der Waals surface area contributed by atoms with Crippen LogP contribution < -0.4 is 5.32 Å². The van der Waals surface area contributed by atoms with E-state index in [1.54, 1.807) is 18.2 Å². The van der Waals surface area contributed by atoms with Gasteiger partial charge in [-0.3, -0.25) is 4.79 Å². The van der Waals surface area contributed by atoms with Gasteiger partial charge in [0.1, 0.15) is 0 Å². The molecule has 2 N–H and O–H groups in total. The lowest BCUT2D eigenvalue weighted by molar-refractivity contribution is -0.0605. The molecule has 0 saturated carbocycles. The van der Waals surface area contributed by atoms with Crippen molar-refractivity contribution in [3.05, 3.63) is 33.8 Å². The molecule has 1 aliphatic heterocycles. The first-order chi connectivity index (χ1) is 9.02. The third-order valence-corrected chi connectivity index (χ3v) is 3.82. The van der Waals surface area contributed by atoms with Gasteiger partial charge in [0, 0.05) is 32.6 Å². The molecule has 1 aromatic rings. The zero-order chi connectivity index (χ0) is 13.9. The number of rotatable bonds is 3. The highest BCUT2D eigenvalue weighted by Crippen LogP contribution is 2.25. The first-order valence-corrected chi connectivity index (χ1v) is 6.80. The number of aliphatic hydroxyl groups is 1. The van der Waals surface area contributed by atoms with Crippen molar-refractivity contribution in [2.24, 2.45) is 0 Å². The van der Waals surface area contributed by atoms with Crippen molar-refractivity contribution in [2.75, 3.05) is 19.8 Å².